The van der Waals surface area contributed by atoms with Crippen molar-refractivity contribution in [3.8, 4) is 22.5 Å². The number of amides is 1. The van der Waals surface area contributed by atoms with Crippen LogP contribution in [0.4, 0.5) is 10.7 Å². The number of carbonyl (C=O) groups is 1. The van der Waals surface area contributed by atoms with E-state index < -0.39 is 6.09 Å². The Morgan fingerprint density at radius 3 is 2.60 bits per heavy atom. The summed E-state index contributed by atoms with van der Waals surface area (Å²) in [5.74, 6) is 1.02. The number of rotatable bonds is 6. The molecule has 1 unspecified atom stereocenters. The highest BCUT2D eigenvalue weighted by atomic mass is 16.4. The van der Waals surface area contributed by atoms with E-state index in [0.717, 1.165) is 48.4 Å². The normalized spacial score (nSPS) is 18.2. The Balaban J connectivity index is 1.01. The number of hydrogen-bond donors (Lipinski definition) is 0. The standard InChI is InChI=1S/C27H31N13O2/c1-36-17-20(13-31-36)23-14-28-24-25(32-23)40(35-33-24)16-18-3-2-7-38(15-18)26-29-11-19(12-30-26)22-6-10-39(34-22)21-4-8-37(9-5-21)27(41)42/h6,10-14,17-18,21H,2-5,7-9,15-16H2,1H3,(H,41,42)/p-1. The number of likely N-dealkylation sites (tertiary alicyclic amines) is 1. The first-order valence-electron chi connectivity index (χ1n) is 14.1. The molecule has 15 heteroatoms. The second-order valence-electron chi connectivity index (χ2n) is 11.0. The van der Waals surface area contributed by atoms with E-state index in [9.17, 15) is 9.90 Å². The van der Waals surface area contributed by atoms with Crippen molar-refractivity contribution in [1.82, 2.24) is 59.4 Å². The molecule has 2 fully saturated rings. The third-order valence-electron chi connectivity index (χ3n) is 8.10. The second-order valence-corrected chi connectivity index (χ2v) is 11.0. The van der Waals surface area contributed by atoms with Crippen molar-refractivity contribution >= 4 is 23.3 Å². The van der Waals surface area contributed by atoms with Gasteiger partial charge in [-0.15, -0.1) is 5.10 Å². The fourth-order valence-corrected chi connectivity index (χ4v) is 5.84. The summed E-state index contributed by atoms with van der Waals surface area (Å²) >= 11 is 0. The van der Waals surface area contributed by atoms with Crippen LogP contribution in [0.5, 0.6) is 0 Å². The first-order chi connectivity index (χ1) is 20.5. The highest BCUT2D eigenvalue weighted by Gasteiger charge is 2.25. The summed E-state index contributed by atoms with van der Waals surface area (Å²) in [4.78, 5) is 33.3. The average Bonchev–Trinajstić information content (AvgIpc) is 3.78. The predicted molar refractivity (Wildman–Crippen MR) is 149 cm³/mol. The number of aromatic nitrogens is 11. The monoisotopic (exact) mass is 568 g/mol. The van der Waals surface area contributed by atoms with Gasteiger partial charge in [-0.05, 0) is 37.7 Å². The number of nitrogens with zero attached hydrogens (tertiary/aromatic N) is 13. The summed E-state index contributed by atoms with van der Waals surface area (Å²) in [5, 5.41) is 28.6. The van der Waals surface area contributed by atoms with Gasteiger partial charge >= 0.3 is 0 Å². The van der Waals surface area contributed by atoms with Crippen molar-refractivity contribution in [3.05, 3.63) is 43.2 Å². The summed E-state index contributed by atoms with van der Waals surface area (Å²) in [5.41, 5.74) is 4.47. The van der Waals surface area contributed by atoms with Crippen LogP contribution >= 0.6 is 0 Å². The minimum atomic E-state index is -1.11. The molecule has 0 N–H and O–H groups in total. The molecule has 2 saturated heterocycles. The van der Waals surface area contributed by atoms with E-state index in [1.807, 2.05) is 47.3 Å². The third kappa shape index (κ3) is 5.12. The van der Waals surface area contributed by atoms with E-state index in [-0.39, 0.29) is 6.04 Å². The molecule has 0 aromatic carbocycles. The molecular formula is C27H30N13O2-. The van der Waals surface area contributed by atoms with E-state index >= 15 is 0 Å². The molecule has 7 heterocycles. The van der Waals surface area contributed by atoms with Gasteiger partial charge in [0, 0.05) is 75.7 Å². The van der Waals surface area contributed by atoms with E-state index in [4.69, 9.17) is 10.1 Å². The Morgan fingerprint density at radius 2 is 1.83 bits per heavy atom. The Morgan fingerprint density at radius 1 is 1.00 bits per heavy atom. The van der Waals surface area contributed by atoms with Crippen molar-refractivity contribution in [1.29, 1.82) is 0 Å². The van der Waals surface area contributed by atoms with Crippen LogP contribution in [0, 0.1) is 5.92 Å². The molecule has 42 heavy (non-hydrogen) atoms. The van der Waals surface area contributed by atoms with Crippen LogP contribution in [0.3, 0.4) is 0 Å². The topological polar surface area (TPSA) is 165 Å². The van der Waals surface area contributed by atoms with Gasteiger partial charge in [-0.3, -0.25) is 9.36 Å². The van der Waals surface area contributed by atoms with Crippen molar-refractivity contribution in [2.75, 3.05) is 31.1 Å². The number of fused-ring (bicyclic) bond motifs is 1. The maximum Gasteiger partial charge on any atom is 0.225 e. The summed E-state index contributed by atoms with van der Waals surface area (Å²) < 4.78 is 5.50. The Bertz CT molecular complexity index is 1700. The Kier molecular flexibility index (Phi) is 6.68. The molecule has 1 atom stereocenters. The van der Waals surface area contributed by atoms with E-state index in [2.05, 4.69) is 35.3 Å². The van der Waals surface area contributed by atoms with Crippen LogP contribution in [-0.2, 0) is 13.6 Å². The lowest BCUT2D eigenvalue weighted by Gasteiger charge is -2.33. The van der Waals surface area contributed by atoms with Crippen LogP contribution in [0.2, 0.25) is 0 Å². The smallest absolute Gasteiger partial charge is 0.225 e. The SMILES string of the molecule is Cn1cc(-c2cnc3nnn(CC4CCCN(c5ncc(-c6ccn(C7CCN(C(=O)[O-])CC7)n6)cn5)C4)c3n2)cn1. The summed E-state index contributed by atoms with van der Waals surface area (Å²) in [6, 6.07) is 2.11. The van der Waals surface area contributed by atoms with Gasteiger partial charge in [-0.1, -0.05) is 5.21 Å². The van der Waals surface area contributed by atoms with E-state index in [1.54, 1.807) is 17.1 Å². The zero-order chi connectivity index (χ0) is 28.6. The largest absolute Gasteiger partial charge is 0.530 e. The molecule has 7 rings (SSSR count). The van der Waals surface area contributed by atoms with Crippen molar-refractivity contribution in [2.45, 2.75) is 38.3 Å². The minimum absolute atomic E-state index is 0.162. The lowest BCUT2D eigenvalue weighted by molar-refractivity contribution is -0.266. The van der Waals surface area contributed by atoms with Gasteiger partial charge in [0.2, 0.25) is 11.6 Å². The molecule has 2 aliphatic rings. The molecule has 1 amide bonds. The molecule has 15 nitrogen and oxygen atoms in total. The van der Waals surface area contributed by atoms with Gasteiger partial charge in [0.05, 0.1) is 29.8 Å². The van der Waals surface area contributed by atoms with Crippen molar-refractivity contribution in [2.24, 2.45) is 13.0 Å². The molecule has 216 valence electrons. The second kappa shape index (κ2) is 10.8. The predicted octanol–water partition coefficient (Wildman–Crippen LogP) is 1.17. The molecule has 0 spiro atoms. The van der Waals surface area contributed by atoms with Crippen molar-refractivity contribution < 1.29 is 9.90 Å². The van der Waals surface area contributed by atoms with Crippen LogP contribution in [0.1, 0.15) is 31.7 Å². The third-order valence-corrected chi connectivity index (χ3v) is 8.10. The molecule has 0 radical (unpaired) electrons. The van der Waals surface area contributed by atoms with Crippen LogP contribution in [0.15, 0.2) is 43.2 Å². The zero-order valence-corrected chi connectivity index (χ0v) is 23.2. The van der Waals surface area contributed by atoms with Gasteiger partial charge in [0.25, 0.3) is 0 Å². The molecule has 5 aromatic rings. The molecule has 2 aliphatic heterocycles. The van der Waals surface area contributed by atoms with Crippen LogP contribution < -0.4 is 10.0 Å². The minimum Gasteiger partial charge on any atom is -0.530 e. The van der Waals surface area contributed by atoms with Crippen LogP contribution in [0.25, 0.3) is 33.8 Å². The highest BCUT2D eigenvalue weighted by molar-refractivity contribution is 5.69. The zero-order valence-electron chi connectivity index (χ0n) is 23.2. The number of anilines is 1. The number of piperidine rings is 2. The van der Waals surface area contributed by atoms with Gasteiger partial charge in [0.1, 0.15) is 6.09 Å². The first-order valence-corrected chi connectivity index (χ1v) is 14.1. The fourth-order valence-electron chi connectivity index (χ4n) is 5.84. The summed E-state index contributed by atoms with van der Waals surface area (Å²) in [6.45, 7) is 3.29. The Hall–Kier alpha value is -4.95. The molecule has 0 bridgehead atoms. The van der Waals surface area contributed by atoms with Crippen molar-refractivity contribution in [3.63, 3.8) is 0 Å². The number of carboxylic acid groups (broad SMARTS) is 1. The number of hydrogen-bond acceptors (Lipinski definition) is 11. The molecule has 5 aromatic heterocycles. The van der Waals surface area contributed by atoms with Gasteiger partial charge in [-0.2, -0.15) is 10.2 Å². The quantitative estimate of drug-likeness (QED) is 0.289. The van der Waals surface area contributed by atoms with E-state index in [0.29, 0.717) is 55.6 Å². The summed E-state index contributed by atoms with van der Waals surface area (Å²) in [7, 11) is 1.87. The fraction of sp³-hybridized carbons (Fsp3) is 0.444. The molecule has 0 aliphatic carbocycles. The lowest BCUT2D eigenvalue weighted by Crippen LogP contribution is -2.45. The Labute approximate surface area is 240 Å². The summed E-state index contributed by atoms with van der Waals surface area (Å²) in [6.07, 6.45) is 13.4. The maximum absolute atomic E-state index is 11.1. The number of aryl methyl sites for hydroxylation is 1. The average molecular weight is 569 g/mol. The molecular weight excluding hydrogens is 538 g/mol. The van der Waals surface area contributed by atoms with Gasteiger partial charge < -0.3 is 19.7 Å². The van der Waals surface area contributed by atoms with Gasteiger partial charge in [-0.25, -0.2) is 24.6 Å². The van der Waals surface area contributed by atoms with E-state index in [1.165, 1.54) is 4.90 Å². The van der Waals surface area contributed by atoms with Gasteiger partial charge in [0.15, 0.2) is 5.65 Å². The lowest BCUT2D eigenvalue weighted by atomic mass is 9.98. The van der Waals surface area contributed by atoms with Crippen LogP contribution in [-0.4, -0.2) is 91.7 Å². The maximum atomic E-state index is 11.1. The first kappa shape index (κ1) is 26.0. The number of carbonyl (C=O) groups excluding carboxylic acids is 1. The highest BCUT2D eigenvalue weighted by Crippen LogP contribution is 2.26. The molecule has 0 saturated carbocycles.